The average molecular weight is 516 g/mol. The van der Waals surface area contributed by atoms with E-state index in [4.69, 9.17) is 0 Å². The Balaban J connectivity index is 0. The third-order valence-electron chi connectivity index (χ3n) is 0. The zero-order valence-electron chi connectivity index (χ0n) is 1.84. The molecule has 0 aliphatic carbocycles. The molecular weight excluding hydrogens is 516 g/mol. The van der Waals surface area contributed by atoms with E-state index in [0.29, 0.717) is 0 Å². The van der Waals surface area contributed by atoms with Crippen molar-refractivity contribution < 1.29 is 40.5 Å². The second kappa shape index (κ2) is 16.9. The summed E-state index contributed by atoms with van der Waals surface area (Å²) in [6.07, 6.45) is 0. The molecule has 0 aromatic heterocycles. The van der Waals surface area contributed by atoms with E-state index >= 15 is 0 Å². The first-order valence-corrected chi connectivity index (χ1v) is 0. The summed E-state index contributed by atoms with van der Waals surface area (Å²) >= 11 is 0. The van der Waals surface area contributed by atoms with Crippen LogP contribution in [0.5, 0.6) is 0 Å². The van der Waals surface area contributed by atoms with Crippen molar-refractivity contribution in [3.05, 3.63) is 0 Å². The maximum Gasteiger partial charge on any atom is 2.00 e. The molecule has 0 aliphatic rings. The van der Waals surface area contributed by atoms with E-state index in [2.05, 4.69) is 0 Å². The SMILES string of the molecule is [Pt+2].[Te-2].[Te-2].[Zn+2]. The third kappa shape index (κ3) is 8.86. The Morgan fingerprint density at radius 3 is 0.750 bits per heavy atom. The van der Waals surface area contributed by atoms with Gasteiger partial charge in [-0.05, 0) is 0 Å². The Morgan fingerprint density at radius 2 is 0.750 bits per heavy atom. The molecule has 0 nitrogen and oxygen atoms in total. The van der Waals surface area contributed by atoms with Gasteiger partial charge in [0, 0.05) is 0 Å². The van der Waals surface area contributed by atoms with Gasteiger partial charge in [-0.3, -0.25) is 0 Å². The van der Waals surface area contributed by atoms with Crippen LogP contribution in [0.15, 0.2) is 0 Å². The molecule has 4 heteroatoms. The predicted molar refractivity (Wildman–Crippen MR) is 11.5 cm³/mol. The summed E-state index contributed by atoms with van der Waals surface area (Å²) in [4.78, 5) is 0. The van der Waals surface area contributed by atoms with Gasteiger partial charge in [-0.15, -0.1) is 0 Å². The molecule has 0 unspecified atom stereocenters. The minimum atomic E-state index is 0. The summed E-state index contributed by atoms with van der Waals surface area (Å²) in [6.45, 7) is 0. The van der Waals surface area contributed by atoms with Crippen molar-refractivity contribution in [2.24, 2.45) is 0 Å². The number of hydrogen-bond donors (Lipinski definition) is 0. The van der Waals surface area contributed by atoms with E-state index < -0.39 is 0 Å². The molecule has 0 rings (SSSR count). The van der Waals surface area contributed by atoms with Gasteiger partial charge in [0.2, 0.25) is 0 Å². The molecule has 0 aromatic rings. The van der Waals surface area contributed by atoms with Gasteiger partial charge in [-0.25, -0.2) is 0 Å². The largest absolute Gasteiger partial charge is 2.00 e. The molecule has 0 bridgehead atoms. The quantitative estimate of drug-likeness (QED) is 0.372. The molecule has 0 saturated heterocycles. The van der Waals surface area contributed by atoms with Gasteiger partial charge in [0.05, 0.1) is 0 Å². The molecule has 4 heavy (non-hydrogen) atoms. The Bertz CT molecular complexity index is 6.00. The van der Waals surface area contributed by atoms with E-state index in [1.165, 1.54) is 0 Å². The van der Waals surface area contributed by atoms with Gasteiger partial charge in [0.1, 0.15) is 0 Å². The smallest absolute Gasteiger partial charge is 2.00 e. The molecule has 24 valence electrons. The second-order valence-corrected chi connectivity index (χ2v) is 0. The van der Waals surface area contributed by atoms with E-state index in [1.807, 2.05) is 0 Å². The summed E-state index contributed by atoms with van der Waals surface area (Å²) in [5.41, 5.74) is 0. The minimum absolute atomic E-state index is 0. The molecule has 0 aliphatic heterocycles. The van der Waals surface area contributed by atoms with Gasteiger partial charge in [-0.2, -0.15) is 0 Å². The van der Waals surface area contributed by atoms with Gasteiger partial charge in [-0.1, -0.05) is 0 Å². The van der Waals surface area contributed by atoms with Crippen LogP contribution in [0.3, 0.4) is 0 Å². The van der Waals surface area contributed by atoms with Crippen LogP contribution in [0.25, 0.3) is 0 Å². The van der Waals surface area contributed by atoms with Crippen LogP contribution < -0.4 is 0 Å². The molecule has 0 fully saturated rings. The first-order chi connectivity index (χ1) is 0. The van der Waals surface area contributed by atoms with Gasteiger partial charge in [0.25, 0.3) is 0 Å². The molecule has 0 atom stereocenters. The summed E-state index contributed by atoms with van der Waals surface area (Å²) in [5, 5.41) is 0. The van der Waals surface area contributed by atoms with Crippen molar-refractivity contribution >= 4 is 47.3 Å². The monoisotopic (exact) mass is 519 g/mol. The summed E-state index contributed by atoms with van der Waals surface area (Å²) in [5.74, 6) is 0. The fraction of sp³-hybridized carbons (Fsp3) is 0. The van der Waals surface area contributed by atoms with Gasteiger partial charge >= 0.3 is 40.5 Å². The maximum atomic E-state index is 0. The first kappa shape index (κ1) is 28.6. The van der Waals surface area contributed by atoms with Crippen molar-refractivity contribution in [3.8, 4) is 0 Å². The van der Waals surface area contributed by atoms with Crippen molar-refractivity contribution in [1.82, 2.24) is 0 Å². The zero-order chi connectivity index (χ0) is 0. The molecule has 0 radical (unpaired) electrons. The second-order valence-electron chi connectivity index (χ2n) is 0. The van der Waals surface area contributed by atoms with Crippen molar-refractivity contribution in [2.45, 2.75) is 0 Å². The fourth-order valence-electron chi connectivity index (χ4n) is 0. The summed E-state index contributed by atoms with van der Waals surface area (Å²) in [6, 6.07) is 0. The normalized spacial score (nSPS) is 0. The minimum Gasteiger partial charge on any atom is -2.00 e. The Labute approximate surface area is 86.3 Å². The van der Waals surface area contributed by atoms with Crippen molar-refractivity contribution in [3.63, 3.8) is 0 Å². The number of hydrogen-bond acceptors (Lipinski definition) is 0. The topological polar surface area (TPSA) is 0 Å². The van der Waals surface area contributed by atoms with Gasteiger partial charge < -0.3 is 47.3 Å². The number of rotatable bonds is 0. The van der Waals surface area contributed by atoms with Crippen LogP contribution >= 0.6 is 0 Å². The van der Waals surface area contributed by atoms with Crippen LogP contribution in [-0.4, -0.2) is 47.3 Å². The molecule has 0 N–H and O–H groups in total. The molecule has 0 saturated carbocycles. The first-order valence-electron chi connectivity index (χ1n) is 0. The predicted octanol–water partition coefficient (Wildman–Crippen LogP) is -0.767. The van der Waals surface area contributed by atoms with E-state index in [9.17, 15) is 0 Å². The molecule has 0 spiro atoms. The van der Waals surface area contributed by atoms with E-state index in [-0.39, 0.29) is 87.9 Å². The summed E-state index contributed by atoms with van der Waals surface area (Å²) in [7, 11) is 0. The third-order valence-corrected chi connectivity index (χ3v) is 0. The van der Waals surface area contributed by atoms with Crippen molar-refractivity contribution in [1.29, 1.82) is 0 Å². The zero-order valence-corrected chi connectivity index (χ0v) is 11.7. The van der Waals surface area contributed by atoms with Crippen LogP contribution in [0, 0.1) is 0 Å². The maximum absolute atomic E-state index is 0. The molecule has 0 aromatic carbocycles. The molecule has 0 amide bonds. The van der Waals surface area contributed by atoms with Crippen LogP contribution in [-0.2, 0) is 40.5 Å². The van der Waals surface area contributed by atoms with Gasteiger partial charge in [0.15, 0.2) is 0 Å². The fourth-order valence-corrected chi connectivity index (χ4v) is 0. The van der Waals surface area contributed by atoms with Crippen molar-refractivity contribution in [2.75, 3.05) is 0 Å². The average Bonchev–Trinajstić information content (AvgIpc) is 0. The van der Waals surface area contributed by atoms with Crippen LogP contribution in [0.4, 0.5) is 0 Å². The molecular formula is PtTe2Zn. The Morgan fingerprint density at radius 1 is 0.750 bits per heavy atom. The molecule has 0 heterocycles. The Kier molecular flexibility index (Phi) is 121. The summed E-state index contributed by atoms with van der Waals surface area (Å²) < 4.78 is 0. The van der Waals surface area contributed by atoms with E-state index in [0.717, 1.165) is 0 Å². The van der Waals surface area contributed by atoms with Crippen LogP contribution in [0.2, 0.25) is 0 Å². The standard InChI is InChI=1S/Pt.2Te.Zn/q+2;2*-2;+2. The van der Waals surface area contributed by atoms with Crippen LogP contribution in [0.1, 0.15) is 0 Å². The Hall–Kier alpha value is 2.89. The van der Waals surface area contributed by atoms with E-state index in [1.54, 1.807) is 0 Å².